The molecule has 0 bridgehead atoms. The molecule has 0 aliphatic heterocycles. The van der Waals surface area contributed by atoms with Crippen LogP contribution in [-0.2, 0) is 11.3 Å². The average Bonchev–Trinajstić information content (AvgIpc) is 3.39. The lowest BCUT2D eigenvalue weighted by Crippen LogP contribution is -2.15. The van der Waals surface area contributed by atoms with Crippen LogP contribution in [-0.4, -0.2) is 45.6 Å². The van der Waals surface area contributed by atoms with Crippen LogP contribution in [0.3, 0.4) is 0 Å². The van der Waals surface area contributed by atoms with Gasteiger partial charge in [0, 0.05) is 35.2 Å². The van der Waals surface area contributed by atoms with E-state index < -0.39 is 0 Å². The molecule has 0 radical (unpaired) electrons. The predicted octanol–water partition coefficient (Wildman–Crippen LogP) is 6.58. The van der Waals surface area contributed by atoms with Crippen LogP contribution in [0.25, 0.3) is 33.5 Å². The second-order valence-corrected chi connectivity index (χ2v) is 9.86. The normalized spacial score (nSPS) is 11.0. The van der Waals surface area contributed by atoms with Gasteiger partial charge < -0.3 is 19.4 Å². The van der Waals surface area contributed by atoms with Crippen molar-refractivity contribution in [1.82, 2.24) is 19.7 Å². The summed E-state index contributed by atoms with van der Waals surface area (Å²) in [7, 11) is 3.03. The summed E-state index contributed by atoms with van der Waals surface area (Å²) in [6, 6.07) is 23.3. The Kier molecular flexibility index (Phi) is 7.99. The Morgan fingerprint density at radius 3 is 2.46 bits per heavy atom. The number of halogens is 1. The first kappa shape index (κ1) is 26.5. The first-order chi connectivity index (χ1) is 19.0. The van der Waals surface area contributed by atoms with Crippen LogP contribution in [0.15, 0.2) is 78.0 Å². The molecule has 5 rings (SSSR count). The predicted molar refractivity (Wildman–Crippen MR) is 156 cm³/mol. The van der Waals surface area contributed by atoms with Crippen LogP contribution < -0.4 is 14.8 Å². The van der Waals surface area contributed by atoms with E-state index in [1.807, 2.05) is 66.1 Å². The third-order valence-corrected chi connectivity index (χ3v) is 7.40. The Balaban J connectivity index is 1.42. The summed E-state index contributed by atoms with van der Waals surface area (Å²) >= 11 is 7.49. The number of para-hydroxylation sites is 1. The van der Waals surface area contributed by atoms with Gasteiger partial charge in [0.05, 0.1) is 41.9 Å². The second-order valence-electron chi connectivity index (χ2n) is 8.51. The van der Waals surface area contributed by atoms with Crippen molar-refractivity contribution < 1.29 is 14.3 Å². The number of pyridine rings is 1. The number of hydrogen-bond acceptors (Lipinski definition) is 7. The maximum atomic E-state index is 12.9. The first-order valence-electron chi connectivity index (χ1n) is 12.2. The minimum absolute atomic E-state index is 0.124. The standard InChI is InChI=1S/C29H26ClN5O3S/c1-4-35-28(20-14-23(18-10-6-5-7-11-18)31-22-13-9-8-12-19(20)22)33-34-29(35)39-17-27(36)32-24-16-25(37-2)21(30)15-26(24)38-3/h5-16H,4,17H2,1-3H3,(H,32,36). The van der Waals surface area contributed by atoms with Crippen LogP contribution in [0.2, 0.25) is 5.02 Å². The Morgan fingerprint density at radius 2 is 1.72 bits per heavy atom. The van der Waals surface area contributed by atoms with Gasteiger partial charge in [-0.2, -0.15) is 0 Å². The molecule has 1 N–H and O–H groups in total. The van der Waals surface area contributed by atoms with Crippen LogP contribution in [0.4, 0.5) is 5.69 Å². The highest BCUT2D eigenvalue weighted by atomic mass is 35.5. The molecule has 2 heterocycles. The monoisotopic (exact) mass is 559 g/mol. The molecule has 0 unspecified atom stereocenters. The fourth-order valence-electron chi connectivity index (χ4n) is 4.27. The van der Waals surface area contributed by atoms with Gasteiger partial charge in [0.25, 0.3) is 0 Å². The van der Waals surface area contributed by atoms with Crippen LogP contribution in [0.5, 0.6) is 11.5 Å². The number of thioether (sulfide) groups is 1. The van der Waals surface area contributed by atoms with E-state index in [1.165, 1.54) is 26.0 Å². The van der Waals surface area contributed by atoms with Gasteiger partial charge in [0.2, 0.25) is 5.91 Å². The number of hydrogen-bond donors (Lipinski definition) is 1. The summed E-state index contributed by atoms with van der Waals surface area (Å²) in [4.78, 5) is 17.7. The number of nitrogens with one attached hydrogen (secondary N) is 1. The Morgan fingerprint density at radius 1 is 0.974 bits per heavy atom. The number of carbonyl (C=O) groups excluding carboxylic acids is 1. The molecule has 198 valence electrons. The van der Waals surface area contributed by atoms with Crippen molar-refractivity contribution in [2.75, 3.05) is 25.3 Å². The summed E-state index contributed by atoms with van der Waals surface area (Å²) in [5.74, 6) is 1.50. The van der Waals surface area contributed by atoms with E-state index >= 15 is 0 Å². The number of ether oxygens (including phenoxy) is 2. The zero-order chi connectivity index (χ0) is 27.4. The largest absolute Gasteiger partial charge is 0.495 e. The molecule has 2 aromatic heterocycles. The van der Waals surface area contributed by atoms with Crippen molar-refractivity contribution in [2.24, 2.45) is 0 Å². The number of carbonyl (C=O) groups is 1. The third kappa shape index (κ3) is 5.55. The van der Waals surface area contributed by atoms with Gasteiger partial charge in [0.1, 0.15) is 11.5 Å². The molecule has 5 aromatic rings. The van der Waals surface area contributed by atoms with Crippen molar-refractivity contribution in [3.63, 3.8) is 0 Å². The Hall–Kier alpha value is -4.08. The Bertz CT molecular complexity index is 1640. The second kappa shape index (κ2) is 11.8. The fraction of sp³-hybridized carbons (Fsp3) is 0.172. The number of amides is 1. The average molecular weight is 560 g/mol. The minimum Gasteiger partial charge on any atom is -0.495 e. The lowest BCUT2D eigenvalue weighted by atomic mass is 10.0. The van der Waals surface area contributed by atoms with E-state index in [4.69, 9.17) is 26.1 Å². The van der Waals surface area contributed by atoms with Gasteiger partial charge in [-0.3, -0.25) is 4.79 Å². The smallest absolute Gasteiger partial charge is 0.234 e. The van der Waals surface area contributed by atoms with E-state index in [-0.39, 0.29) is 11.7 Å². The minimum atomic E-state index is -0.226. The quantitative estimate of drug-likeness (QED) is 0.204. The fourth-order valence-corrected chi connectivity index (χ4v) is 5.30. The Labute approximate surface area is 235 Å². The van der Waals surface area contributed by atoms with Crippen molar-refractivity contribution in [2.45, 2.75) is 18.6 Å². The number of fused-ring (bicyclic) bond motifs is 1. The van der Waals surface area contributed by atoms with Gasteiger partial charge in [-0.25, -0.2) is 4.98 Å². The zero-order valence-electron chi connectivity index (χ0n) is 21.6. The lowest BCUT2D eigenvalue weighted by molar-refractivity contribution is -0.113. The molecule has 0 fully saturated rings. The van der Waals surface area contributed by atoms with Crippen LogP contribution in [0.1, 0.15) is 6.92 Å². The van der Waals surface area contributed by atoms with Gasteiger partial charge in [-0.1, -0.05) is 71.9 Å². The van der Waals surface area contributed by atoms with Crippen LogP contribution >= 0.6 is 23.4 Å². The molecule has 10 heteroatoms. The molecule has 39 heavy (non-hydrogen) atoms. The number of rotatable bonds is 9. The van der Waals surface area contributed by atoms with Gasteiger partial charge in [-0.15, -0.1) is 10.2 Å². The maximum Gasteiger partial charge on any atom is 0.234 e. The number of methoxy groups -OCH3 is 2. The summed E-state index contributed by atoms with van der Waals surface area (Å²) in [5.41, 5.74) is 4.16. The van der Waals surface area contributed by atoms with E-state index in [0.29, 0.717) is 33.9 Å². The van der Waals surface area contributed by atoms with Crippen molar-refractivity contribution in [1.29, 1.82) is 0 Å². The van der Waals surface area contributed by atoms with Crippen molar-refractivity contribution >= 4 is 45.9 Å². The summed E-state index contributed by atoms with van der Waals surface area (Å²) < 4.78 is 12.6. The molecule has 0 saturated carbocycles. The van der Waals surface area contributed by atoms with Crippen LogP contribution in [0, 0.1) is 0 Å². The molecule has 0 aliphatic rings. The lowest BCUT2D eigenvalue weighted by Gasteiger charge is -2.13. The first-order valence-corrected chi connectivity index (χ1v) is 13.6. The highest BCUT2D eigenvalue weighted by molar-refractivity contribution is 7.99. The van der Waals surface area contributed by atoms with E-state index in [1.54, 1.807) is 12.1 Å². The molecule has 3 aromatic carbocycles. The molecular formula is C29H26ClN5O3S. The molecule has 8 nitrogen and oxygen atoms in total. The topological polar surface area (TPSA) is 91.2 Å². The van der Waals surface area contributed by atoms with E-state index in [9.17, 15) is 4.79 Å². The summed E-state index contributed by atoms with van der Waals surface area (Å²) in [6.45, 7) is 2.66. The van der Waals surface area contributed by atoms with Gasteiger partial charge in [0.15, 0.2) is 11.0 Å². The SMILES string of the molecule is CCn1c(SCC(=O)Nc2cc(OC)c(Cl)cc2OC)nnc1-c1cc(-c2ccccc2)nc2ccccc12. The molecule has 0 saturated heterocycles. The number of nitrogens with zero attached hydrogens (tertiary/aromatic N) is 4. The molecular weight excluding hydrogens is 534 g/mol. The number of anilines is 1. The highest BCUT2D eigenvalue weighted by Crippen LogP contribution is 2.36. The van der Waals surface area contributed by atoms with Crippen molar-refractivity contribution in [3.05, 3.63) is 77.8 Å². The zero-order valence-corrected chi connectivity index (χ0v) is 23.2. The van der Waals surface area contributed by atoms with E-state index in [2.05, 4.69) is 21.6 Å². The number of benzene rings is 3. The maximum absolute atomic E-state index is 12.9. The van der Waals surface area contributed by atoms with Gasteiger partial charge in [-0.05, 0) is 19.1 Å². The van der Waals surface area contributed by atoms with Gasteiger partial charge >= 0.3 is 0 Å². The third-order valence-electron chi connectivity index (χ3n) is 6.14. The number of aromatic nitrogens is 4. The molecule has 0 atom stereocenters. The van der Waals surface area contributed by atoms with E-state index in [0.717, 1.165) is 33.5 Å². The molecule has 1 amide bonds. The summed E-state index contributed by atoms with van der Waals surface area (Å²) in [6.07, 6.45) is 0. The van der Waals surface area contributed by atoms with Crippen molar-refractivity contribution in [3.8, 4) is 34.1 Å². The highest BCUT2D eigenvalue weighted by Gasteiger charge is 2.19. The molecule has 0 aliphatic carbocycles. The molecule has 0 spiro atoms. The summed E-state index contributed by atoms with van der Waals surface area (Å²) in [5, 5.41) is 13.9.